The summed E-state index contributed by atoms with van der Waals surface area (Å²) in [5, 5.41) is 0. The van der Waals surface area contributed by atoms with E-state index >= 15 is 0 Å². The molecule has 0 amide bonds. The molecule has 0 aromatic carbocycles. The van der Waals surface area contributed by atoms with E-state index in [2.05, 4.69) is 38.7 Å². The third kappa shape index (κ3) is 4.30. The second-order valence-corrected chi connectivity index (χ2v) is 5.08. The maximum Gasteiger partial charge on any atom is 0.128 e. The predicted molar refractivity (Wildman–Crippen MR) is 79.7 cm³/mol. The molecule has 0 atom stereocenters. The lowest BCUT2D eigenvalue weighted by Crippen LogP contribution is -2.27. The molecule has 1 heterocycles. The summed E-state index contributed by atoms with van der Waals surface area (Å²) in [6.07, 6.45) is 5.73. The second kappa shape index (κ2) is 7.37. The van der Waals surface area contributed by atoms with Crippen LogP contribution in [0, 0.1) is 0 Å². The van der Waals surface area contributed by atoms with E-state index in [1.54, 1.807) is 0 Å². The average Bonchev–Trinajstić information content (AvgIpc) is 2.90. The fourth-order valence-corrected chi connectivity index (χ4v) is 1.94. The van der Waals surface area contributed by atoms with E-state index in [1.165, 1.54) is 24.0 Å². The summed E-state index contributed by atoms with van der Waals surface area (Å²) in [7, 11) is 0. The lowest BCUT2D eigenvalue weighted by atomic mass is 10.2. The molecule has 3 heteroatoms. The highest BCUT2D eigenvalue weighted by Crippen LogP contribution is 2.14. The normalized spacial score (nSPS) is 19.3. The van der Waals surface area contributed by atoms with Crippen molar-refractivity contribution in [2.75, 3.05) is 19.6 Å². The van der Waals surface area contributed by atoms with Crippen molar-refractivity contribution < 1.29 is 0 Å². The number of aliphatic imine (C=N–C) groups is 1. The quantitative estimate of drug-likeness (QED) is 0.614. The third-order valence-electron chi connectivity index (χ3n) is 3.56. The van der Waals surface area contributed by atoms with Gasteiger partial charge in [-0.2, -0.15) is 0 Å². The molecule has 3 nitrogen and oxygen atoms in total. The Morgan fingerprint density at radius 3 is 2.33 bits per heavy atom. The number of amidine groups is 1. The topological polar surface area (TPSA) is 41.6 Å². The van der Waals surface area contributed by atoms with Crippen LogP contribution in [0.1, 0.15) is 47.0 Å². The van der Waals surface area contributed by atoms with Crippen molar-refractivity contribution in [1.29, 1.82) is 0 Å². The number of nitrogens with zero attached hydrogens (tertiary/aromatic N) is 2. The van der Waals surface area contributed by atoms with Gasteiger partial charge in [0.25, 0.3) is 0 Å². The van der Waals surface area contributed by atoms with E-state index in [-0.39, 0.29) is 0 Å². The molecule has 0 unspecified atom stereocenters. The molecule has 1 saturated heterocycles. The zero-order valence-electron chi connectivity index (χ0n) is 12.3. The molecular weight excluding hydrogens is 222 g/mol. The smallest absolute Gasteiger partial charge is 0.128 e. The minimum absolute atomic E-state index is 0.600. The van der Waals surface area contributed by atoms with Crippen LogP contribution in [0.3, 0.4) is 0 Å². The van der Waals surface area contributed by atoms with Crippen LogP contribution in [-0.4, -0.2) is 30.4 Å². The van der Waals surface area contributed by atoms with Crippen LogP contribution in [0.4, 0.5) is 0 Å². The van der Waals surface area contributed by atoms with Crippen LogP contribution in [0.25, 0.3) is 0 Å². The van der Waals surface area contributed by atoms with E-state index in [0.29, 0.717) is 6.54 Å². The van der Waals surface area contributed by atoms with Crippen molar-refractivity contribution in [1.82, 2.24) is 4.90 Å². The van der Waals surface area contributed by atoms with Crippen molar-refractivity contribution in [3.63, 3.8) is 0 Å². The summed E-state index contributed by atoms with van der Waals surface area (Å²) in [6.45, 7) is 11.3. The first-order valence-electron chi connectivity index (χ1n) is 6.95. The minimum Gasteiger partial charge on any atom is -0.357 e. The number of nitrogens with two attached hydrogens (primary N) is 1. The van der Waals surface area contributed by atoms with Crippen LogP contribution >= 0.6 is 0 Å². The second-order valence-electron chi connectivity index (χ2n) is 5.08. The molecule has 1 aliphatic heterocycles. The highest BCUT2D eigenvalue weighted by atomic mass is 15.2. The molecule has 2 N–H and O–H groups in total. The predicted octanol–water partition coefficient (Wildman–Crippen LogP) is 3.09. The van der Waals surface area contributed by atoms with E-state index < -0.39 is 0 Å². The highest BCUT2D eigenvalue weighted by Gasteiger charge is 2.14. The summed E-state index contributed by atoms with van der Waals surface area (Å²) in [6, 6.07) is 0. The molecule has 1 fully saturated rings. The molecule has 0 saturated carbocycles. The standard InChI is InChI=1S/C15H27N3/c1-5-13(3)14(4)17-15(10-12(2)11-16)18-8-6-7-9-18/h10H,5-9,11,16H2,1-4H3/b12-10+,14-13?,17-15?. The van der Waals surface area contributed by atoms with Gasteiger partial charge in [0.1, 0.15) is 5.84 Å². The molecule has 18 heavy (non-hydrogen) atoms. The van der Waals surface area contributed by atoms with Gasteiger partial charge in [-0.05, 0) is 46.1 Å². The van der Waals surface area contributed by atoms with Gasteiger partial charge >= 0.3 is 0 Å². The molecule has 1 aliphatic rings. The summed E-state index contributed by atoms with van der Waals surface area (Å²) in [4.78, 5) is 7.17. The van der Waals surface area contributed by atoms with Crippen LogP contribution in [0.2, 0.25) is 0 Å². The molecule has 0 radical (unpaired) electrons. The Morgan fingerprint density at radius 1 is 1.22 bits per heavy atom. The monoisotopic (exact) mass is 249 g/mol. The van der Waals surface area contributed by atoms with Gasteiger partial charge < -0.3 is 10.6 Å². The molecule has 0 bridgehead atoms. The van der Waals surface area contributed by atoms with Crippen molar-refractivity contribution in [2.24, 2.45) is 10.7 Å². The summed E-state index contributed by atoms with van der Waals surface area (Å²) < 4.78 is 0. The molecule has 1 rings (SSSR count). The number of hydrogen-bond donors (Lipinski definition) is 1. The fraction of sp³-hybridized carbons (Fsp3) is 0.667. The number of likely N-dealkylation sites (tertiary alicyclic amines) is 1. The Labute approximate surface area is 111 Å². The first-order chi connectivity index (χ1) is 8.58. The van der Waals surface area contributed by atoms with Gasteiger partial charge in [0.15, 0.2) is 0 Å². The number of allylic oxidation sites excluding steroid dienone is 2. The van der Waals surface area contributed by atoms with Gasteiger partial charge in [-0.1, -0.05) is 18.1 Å². The van der Waals surface area contributed by atoms with Crippen LogP contribution in [0.15, 0.2) is 27.9 Å². The number of hydrogen-bond acceptors (Lipinski definition) is 2. The van der Waals surface area contributed by atoms with Gasteiger partial charge in [0.2, 0.25) is 0 Å². The zero-order valence-corrected chi connectivity index (χ0v) is 12.3. The van der Waals surface area contributed by atoms with Crippen molar-refractivity contribution in [2.45, 2.75) is 47.0 Å². The van der Waals surface area contributed by atoms with E-state index in [4.69, 9.17) is 10.7 Å². The molecule has 0 aromatic rings. The Kier molecular flexibility index (Phi) is 6.13. The lowest BCUT2D eigenvalue weighted by Gasteiger charge is -2.18. The van der Waals surface area contributed by atoms with Gasteiger partial charge in [-0.3, -0.25) is 0 Å². The Balaban J connectivity index is 3.00. The SMILES string of the molecule is CCC(C)=C(C)N=C(/C=C(\C)CN)N1CCCC1. The summed E-state index contributed by atoms with van der Waals surface area (Å²) in [5.41, 5.74) is 9.36. The van der Waals surface area contributed by atoms with Gasteiger partial charge in [-0.15, -0.1) is 0 Å². The first-order valence-corrected chi connectivity index (χ1v) is 6.95. The van der Waals surface area contributed by atoms with E-state index in [1.807, 2.05) is 0 Å². The van der Waals surface area contributed by atoms with Crippen LogP contribution in [0.5, 0.6) is 0 Å². The maximum absolute atomic E-state index is 5.68. The molecule has 0 aromatic heterocycles. The van der Waals surface area contributed by atoms with Gasteiger partial charge in [0.05, 0.1) is 0 Å². The third-order valence-corrected chi connectivity index (χ3v) is 3.56. The van der Waals surface area contributed by atoms with Crippen molar-refractivity contribution >= 4 is 5.84 Å². The van der Waals surface area contributed by atoms with Gasteiger partial charge in [-0.25, -0.2) is 4.99 Å². The first kappa shape index (κ1) is 15.0. The van der Waals surface area contributed by atoms with E-state index in [0.717, 1.165) is 31.0 Å². The minimum atomic E-state index is 0.600. The molecule has 0 aliphatic carbocycles. The molecule has 0 spiro atoms. The maximum atomic E-state index is 5.68. The summed E-state index contributed by atoms with van der Waals surface area (Å²) >= 11 is 0. The Bertz CT molecular complexity index is 358. The lowest BCUT2D eigenvalue weighted by molar-refractivity contribution is 0.521. The zero-order chi connectivity index (χ0) is 13.5. The average molecular weight is 249 g/mol. The molecular formula is C15H27N3. The summed E-state index contributed by atoms with van der Waals surface area (Å²) in [5.74, 6) is 1.08. The molecule has 102 valence electrons. The Hall–Kier alpha value is -1.09. The Morgan fingerprint density at radius 2 is 1.83 bits per heavy atom. The van der Waals surface area contributed by atoms with Crippen LogP contribution in [-0.2, 0) is 0 Å². The van der Waals surface area contributed by atoms with Crippen molar-refractivity contribution in [3.8, 4) is 0 Å². The van der Waals surface area contributed by atoms with Crippen molar-refractivity contribution in [3.05, 3.63) is 22.9 Å². The van der Waals surface area contributed by atoms with E-state index in [9.17, 15) is 0 Å². The fourth-order valence-electron chi connectivity index (χ4n) is 1.94. The largest absolute Gasteiger partial charge is 0.357 e. The highest BCUT2D eigenvalue weighted by molar-refractivity contribution is 5.94. The van der Waals surface area contributed by atoms with Crippen LogP contribution < -0.4 is 5.73 Å². The number of rotatable bonds is 4. The van der Waals surface area contributed by atoms with Gasteiger partial charge in [0, 0.05) is 25.3 Å².